The van der Waals surface area contributed by atoms with Crippen LogP contribution in [-0.4, -0.2) is 66.4 Å². The SMILES string of the molecule is CN1CCON=C1c1ccc(-c2ccc(N3C[C@H](CO)OC3=O)cc2F)cn1. The van der Waals surface area contributed by atoms with Crippen LogP contribution in [0.1, 0.15) is 5.69 Å². The maximum atomic E-state index is 14.7. The number of rotatable bonds is 4. The van der Waals surface area contributed by atoms with Crippen molar-refractivity contribution in [3.05, 3.63) is 48.0 Å². The van der Waals surface area contributed by atoms with Crippen LogP contribution in [0.15, 0.2) is 41.7 Å². The number of pyridine rings is 1. The Hall–Kier alpha value is -3.20. The second-order valence-corrected chi connectivity index (χ2v) is 6.56. The van der Waals surface area contributed by atoms with E-state index < -0.39 is 18.0 Å². The minimum Gasteiger partial charge on any atom is -0.441 e. The predicted octanol–water partition coefficient (Wildman–Crippen LogP) is 1.83. The number of carbonyl (C=O) groups is 1. The number of anilines is 1. The van der Waals surface area contributed by atoms with Crippen molar-refractivity contribution in [3.8, 4) is 11.1 Å². The molecular formula is C19H19FN4O4. The molecule has 2 aliphatic heterocycles. The predicted molar refractivity (Wildman–Crippen MR) is 99.5 cm³/mol. The van der Waals surface area contributed by atoms with Crippen LogP contribution in [0.5, 0.6) is 0 Å². The Morgan fingerprint density at radius 3 is 2.82 bits per heavy atom. The standard InChI is InChI=1S/C19H19FN4O4/c1-23-6-7-27-22-18(23)17-5-2-12(9-21-17)15-4-3-13(8-16(15)20)24-10-14(11-25)28-19(24)26/h2-5,8-9,14,25H,6-7,10-11H2,1H3/t14-/m1/s1. The van der Waals surface area contributed by atoms with Crippen molar-refractivity contribution in [2.24, 2.45) is 5.16 Å². The summed E-state index contributed by atoms with van der Waals surface area (Å²) in [6.45, 7) is 1.15. The number of ether oxygens (including phenoxy) is 1. The number of benzene rings is 1. The molecule has 0 bridgehead atoms. The van der Waals surface area contributed by atoms with E-state index in [1.54, 1.807) is 30.5 Å². The number of aromatic nitrogens is 1. The second kappa shape index (κ2) is 7.43. The van der Waals surface area contributed by atoms with Crippen LogP contribution in [0.3, 0.4) is 0 Å². The van der Waals surface area contributed by atoms with Crippen LogP contribution >= 0.6 is 0 Å². The number of hydrogen-bond acceptors (Lipinski definition) is 7. The van der Waals surface area contributed by atoms with Crippen molar-refractivity contribution >= 4 is 17.6 Å². The summed E-state index contributed by atoms with van der Waals surface area (Å²) >= 11 is 0. The smallest absolute Gasteiger partial charge is 0.414 e. The summed E-state index contributed by atoms with van der Waals surface area (Å²) < 4.78 is 19.7. The molecule has 1 aromatic heterocycles. The van der Waals surface area contributed by atoms with Crippen molar-refractivity contribution in [1.82, 2.24) is 9.88 Å². The van der Waals surface area contributed by atoms with E-state index in [9.17, 15) is 9.18 Å². The number of hydrogen-bond donors (Lipinski definition) is 1. The van der Waals surface area contributed by atoms with E-state index in [1.807, 2.05) is 11.9 Å². The molecule has 2 aromatic rings. The molecule has 0 radical (unpaired) electrons. The fourth-order valence-corrected chi connectivity index (χ4v) is 3.12. The van der Waals surface area contributed by atoms with Gasteiger partial charge in [-0.05, 0) is 24.3 Å². The number of cyclic esters (lactones) is 1. The largest absolute Gasteiger partial charge is 0.441 e. The normalized spacial score (nSPS) is 19.3. The number of halogens is 1. The number of amides is 1. The summed E-state index contributed by atoms with van der Waals surface area (Å²) in [6, 6.07) is 8.03. The zero-order valence-electron chi connectivity index (χ0n) is 15.2. The van der Waals surface area contributed by atoms with Gasteiger partial charge in [0, 0.05) is 24.4 Å². The van der Waals surface area contributed by atoms with Crippen LogP contribution in [0.4, 0.5) is 14.9 Å². The molecule has 0 spiro atoms. The van der Waals surface area contributed by atoms with E-state index in [-0.39, 0.29) is 13.2 Å². The van der Waals surface area contributed by atoms with Crippen LogP contribution < -0.4 is 4.90 Å². The van der Waals surface area contributed by atoms with Gasteiger partial charge in [0.05, 0.1) is 25.4 Å². The van der Waals surface area contributed by atoms with Gasteiger partial charge in [0.15, 0.2) is 5.84 Å². The molecule has 0 aliphatic carbocycles. The first-order valence-corrected chi connectivity index (χ1v) is 8.83. The molecule has 2 aliphatic rings. The number of likely N-dealkylation sites (N-methyl/N-ethyl adjacent to an activating group) is 1. The molecule has 1 aromatic carbocycles. The zero-order valence-corrected chi connectivity index (χ0v) is 15.2. The van der Waals surface area contributed by atoms with Gasteiger partial charge in [-0.3, -0.25) is 9.88 Å². The quantitative estimate of drug-likeness (QED) is 0.863. The van der Waals surface area contributed by atoms with Gasteiger partial charge in [0.1, 0.15) is 24.2 Å². The zero-order chi connectivity index (χ0) is 19.7. The minimum atomic E-state index is -0.600. The van der Waals surface area contributed by atoms with Gasteiger partial charge in [-0.15, -0.1) is 0 Å². The maximum Gasteiger partial charge on any atom is 0.414 e. The molecule has 146 valence electrons. The lowest BCUT2D eigenvalue weighted by Crippen LogP contribution is -2.34. The molecule has 3 heterocycles. The number of amidine groups is 1. The van der Waals surface area contributed by atoms with Crippen molar-refractivity contribution in [2.45, 2.75) is 6.10 Å². The lowest BCUT2D eigenvalue weighted by molar-refractivity contribution is 0.0963. The summed E-state index contributed by atoms with van der Waals surface area (Å²) in [6.07, 6.45) is 0.373. The van der Waals surface area contributed by atoms with Crippen molar-refractivity contribution in [1.29, 1.82) is 0 Å². The Kier molecular flexibility index (Phi) is 4.82. The van der Waals surface area contributed by atoms with Crippen molar-refractivity contribution < 1.29 is 23.9 Å². The Bertz CT molecular complexity index is 919. The number of carbonyl (C=O) groups excluding carboxylic acids is 1. The van der Waals surface area contributed by atoms with Gasteiger partial charge >= 0.3 is 6.09 Å². The summed E-state index contributed by atoms with van der Waals surface area (Å²) in [5.74, 6) is 0.141. The van der Waals surface area contributed by atoms with Crippen LogP contribution in [0.25, 0.3) is 11.1 Å². The van der Waals surface area contributed by atoms with Gasteiger partial charge in [-0.25, -0.2) is 9.18 Å². The topological polar surface area (TPSA) is 87.5 Å². The average molecular weight is 386 g/mol. The third kappa shape index (κ3) is 3.36. The summed E-state index contributed by atoms with van der Waals surface area (Å²) in [4.78, 5) is 24.6. The molecule has 1 atom stereocenters. The molecule has 1 amide bonds. The lowest BCUT2D eigenvalue weighted by Gasteiger charge is -2.23. The van der Waals surface area contributed by atoms with Crippen LogP contribution in [-0.2, 0) is 9.57 Å². The van der Waals surface area contributed by atoms with Crippen molar-refractivity contribution in [3.63, 3.8) is 0 Å². The Morgan fingerprint density at radius 2 is 2.18 bits per heavy atom. The Morgan fingerprint density at radius 1 is 1.32 bits per heavy atom. The summed E-state index contributed by atoms with van der Waals surface area (Å²) in [7, 11) is 1.90. The number of oxime groups is 1. The van der Waals surface area contributed by atoms with E-state index in [0.717, 1.165) is 0 Å². The Labute approximate surface area is 160 Å². The first kappa shape index (κ1) is 18.2. The highest BCUT2D eigenvalue weighted by Gasteiger charge is 2.32. The first-order chi connectivity index (χ1) is 13.6. The highest BCUT2D eigenvalue weighted by atomic mass is 19.1. The van der Waals surface area contributed by atoms with Crippen LogP contribution in [0.2, 0.25) is 0 Å². The first-order valence-electron chi connectivity index (χ1n) is 8.83. The number of aliphatic hydroxyl groups excluding tert-OH is 1. The third-order valence-electron chi connectivity index (χ3n) is 4.68. The van der Waals surface area contributed by atoms with Crippen LogP contribution in [0, 0.1) is 5.82 Å². The number of aliphatic hydroxyl groups is 1. The summed E-state index contributed by atoms with van der Waals surface area (Å²) in [5, 5.41) is 13.1. The minimum absolute atomic E-state index is 0.183. The number of nitrogens with zero attached hydrogens (tertiary/aromatic N) is 4. The monoisotopic (exact) mass is 386 g/mol. The highest BCUT2D eigenvalue weighted by Crippen LogP contribution is 2.29. The highest BCUT2D eigenvalue weighted by molar-refractivity contribution is 5.97. The molecule has 8 nitrogen and oxygen atoms in total. The van der Waals surface area contributed by atoms with E-state index >= 15 is 0 Å². The molecule has 1 fully saturated rings. The van der Waals surface area contributed by atoms with Crippen molar-refractivity contribution in [2.75, 3.05) is 38.3 Å². The van der Waals surface area contributed by atoms with E-state index in [1.165, 1.54) is 11.0 Å². The fourth-order valence-electron chi connectivity index (χ4n) is 3.12. The van der Waals surface area contributed by atoms with E-state index in [2.05, 4.69) is 10.1 Å². The molecule has 4 rings (SSSR count). The fraction of sp³-hybridized carbons (Fsp3) is 0.316. The third-order valence-corrected chi connectivity index (χ3v) is 4.68. The van der Waals surface area contributed by atoms with Gasteiger partial charge < -0.3 is 19.6 Å². The average Bonchev–Trinajstić information content (AvgIpc) is 3.09. The van der Waals surface area contributed by atoms with Gasteiger partial charge in [-0.2, -0.15) is 0 Å². The molecular weight excluding hydrogens is 367 g/mol. The Balaban J connectivity index is 1.56. The molecule has 9 heteroatoms. The lowest BCUT2D eigenvalue weighted by atomic mass is 10.1. The maximum absolute atomic E-state index is 14.7. The molecule has 0 unspecified atom stereocenters. The van der Waals surface area contributed by atoms with Gasteiger partial charge in [0.2, 0.25) is 0 Å². The molecule has 1 N–H and O–H groups in total. The van der Waals surface area contributed by atoms with E-state index in [4.69, 9.17) is 14.7 Å². The molecule has 0 saturated carbocycles. The van der Waals surface area contributed by atoms with E-state index in [0.29, 0.717) is 41.5 Å². The van der Waals surface area contributed by atoms with Gasteiger partial charge in [-0.1, -0.05) is 11.2 Å². The molecule has 1 saturated heterocycles. The summed E-state index contributed by atoms with van der Waals surface area (Å²) in [5.41, 5.74) is 1.98. The molecule has 28 heavy (non-hydrogen) atoms. The second-order valence-electron chi connectivity index (χ2n) is 6.56. The van der Waals surface area contributed by atoms with Gasteiger partial charge in [0.25, 0.3) is 0 Å².